The van der Waals surface area contributed by atoms with Crippen molar-refractivity contribution in [1.82, 2.24) is 4.90 Å². The van der Waals surface area contributed by atoms with Gasteiger partial charge < -0.3 is 9.64 Å². The first-order valence-electron chi connectivity index (χ1n) is 6.03. The zero-order valence-corrected chi connectivity index (χ0v) is 10.6. The van der Waals surface area contributed by atoms with Gasteiger partial charge in [0.1, 0.15) is 5.75 Å². The third-order valence-electron chi connectivity index (χ3n) is 3.76. The zero-order chi connectivity index (χ0) is 12.4. The molecule has 0 radical (unpaired) electrons. The lowest BCUT2D eigenvalue weighted by Crippen LogP contribution is -2.32. The number of benzene rings is 1. The van der Waals surface area contributed by atoms with Crippen LogP contribution in [0.25, 0.3) is 0 Å². The molecule has 17 heavy (non-hydrogen) atoms. The molecule has 0 N–H and O–H groups in total. The van der Waals surface area contributed by atoms with Crippen LogP contribution in [0.1, 0.15) is 31.2 Å². The maximum absolute atomic E-state index is 11.5. The molecule has 0 spiro atoms. The van der Waals surface area contributed by atoms with Crippen LogP contribution in [0.4, 0.5) is 0 Å². The van der Waals surface area contributed by atoms with E-state index in [0.717, 1.165) is 12.2 Å². The second kappa shape index (κ2) is 4.78. The number of likely N-dealkylation sites (N-methyl/N-ethyl adjacent to an activating group) is 1. The third kappa shape index (κ3) is 2.28. The highest BCUT2D eigenvalue weighted by atomic mass is 16.5. The van der Waals surface area contributed by atoms with Gasteiger partial charge in [0.25, 0.3) is 0 Å². The molecule has 0 bridgehead atoms. The van der Waals surface area contributed by atoms with E-state index in [-0.39, 0.29) is 5.91 Å². The first kappa shape index (κ1) is 12.0. The summed E-state index contributed by atoms with van der Waals surface area (Å²) >= 11 is 0. The number of carbonyl (C=O) groups excluding carboxylic acids is 1. The molecule has 2 atom stereocenters. The molecule has 1 heterocycles. The Morgan fingerprint density at radius 1 is 1.35 bits per heavy atom. The van der Waals surface area contributed by atoms with Crippen LogP contribution in [-0.4, -0.2) is 31.0 Å². The van der Waals surface area contributed by atoms with Crippen molar-refractivity contribution in [2.24, 2.45) is 0 Å². The summed E-state index contributed by atoms with van der Waals surface area (Å²) in [6, 6.07) is 8.45. The van der Waals surface area contributed by atoms with E-state index in [1.54, 1.807) is 7.11 Å². The first-order valence-corrected chi connectivity index (χ1v) is 6.03. The van der Waals surface area contributed by atoms with Crippen LogP contribution < -0.4 is 4.74 Å². The summed E-state index contributed by atoms with van der Waals surface area (Å²) in [6.07, 6.45) is 1.64. The molecule has 1 saturated heterocycles. The molecule has 2 rings (SSSR count). The fraction of sp³-hybridized carbons (Fsp3) is 0.500. The maximum atomic E-state index is 11.5. The quantitative estimate of drug-likeness (QED) is 0.802. The van der Waals surface area contributed by atoms with Crippen LogP contribution in [-0.2, 0) is 4.79 Å². The number of amides is 1. The topological polar surface area (TPSA) is 29.5 Å². The van der Waals surface area contributed by atoms with E-state index in [2.05, 4.69) is 19.1 Å². The number of ether oxygens (including phenoxy) is 1. The van der Waals surface area contributed by atoms with Crippen LogP contribution >= 0.6 is 0 Å². The first-order chi connectivity index (χ1) is 8.13. The Morgan fingerprint density at radius 2 is 2.00 bits per heavy atom. The number of carbonyl (C=O) groups is 1. The Labute approximate surface area is 102 Å². The summed E-state index contributed by atoms with van der Waals surface area (Å²) in [5, 5.41) is 0. The Balaban J connectivity index is 2.13. The van der Waals surface area contributed by atoms with Crippen LogP contribution in [0, 0.1) is 0 Å². The smallest absolute Gasteiger partial charge is 0.222 e. The van der Waals surface area contributed by atoms with Gasteiger partial charge in [-0.1, -0.05) is 19.1 Å². The Morgan fingerprint density at radius 3 is 2.47 bits per heavy atom. The van der Waals surface area contributed by atoms with Gasteiger partial charge in [-0.2, -0.15) is 0 Å². The number of likely N-dealkylation sites (tertiary alicyclic amines) is 1. The fourth-order valence-corrected chi connectivity index (χ4v) is 2.54. The van der Waals surface area contributed by atoms with Crippen molar-refractivity contribution < 1.29 is 9.53 Å². The monoisotopic (exact) mass is 233 g/mol. The molecule has 3 nitrogen and oxygen atoms in total. The van der Waals surface area contributed by atoms with Crippen molar-refractivity contribution in [2.75, 3.05) is 14.2 Å². The summed E-state index contributed by atoms with van der Waals surface area (Å²) in [5.41, 5.74) is 1.26. The van der Waals surface area contributed by atoms with Crippen molar-refractivity contribution in [3.8, 4) is 5.75 Å². The average Bonchev–Trinajstić information content (AvgIpc) is 2.69. The summed E-state index contributed by atoms with van der Waals surface area (Å²) in [7, 11) is 3.57. The number of hydrogen-bond donors (Lipinski definition) is 0. The van der Waals surface area contributed by atoms with E-state index in [0.29, 0.717) is 18.4 Å². The zero-order valence-electron chi connectivity index (χ0n) is 10.6. The molecule has 1 amide bonds. The summed E-state index contributed by atoms with van der Waals surface area (Å²) in [6.45, 7) is 2.18. The van der Waals surface area contributed by atoms with Gasteiger partial charge in [0, 0.05) is 25.4 Å². The normalized spacial score (nSPS) is 21.7. The second-order valence-corrected chi connectivity index (χ2v) is 4.67. The molecule has 1 unspecified atom stereocenters. The van der Waals surface area contributed by atoms with E-state index < -0.39 is 0 Å². The molecule has 0 saturated carbocycles. The lowest BCUT2D eigenvalue weighted by molar-refractivity contribution is -0.127. The molecular weight excluding hydrogens is 214 g/mol. The molecule has 1 aliphatic rings. The molecule has 92 valence electrons. The van der Waals surface area contributed by atoms with Crippen LogP contribution in [0.15, 0.2) is 24.3 Å². The van der Waals surface area contributed by atoms with Crippen molar-refractivity contribution in [3.05, 3.63) is 29.8 Å². The van der Waals surface area contributed by atoms with E-state index in [1.807, 2.05) is 24.1 Å². The van der Waals surface area contributed by atoms with Crippen LogP contribution in [0.3, 0.4) is 0 Å². The maximum Gasteiger partial charge on any atom is 0.222 e. The lowest BCUT2D eigenvalue weighted by Gasteiger charge is -2.26. The van der Waals surface area contributed by atoms with Crippen molar-refractivity contribution in [2.45, 2.75) is 31.7 Å². The molecule has 1 fully saturated rings. The highest BCUT2D eigenvalue weighted by molar-refractivity contribution is 5.78. The Hall–Kier alpha value is -1.51. The SMILES string of the molecule is COc1ccc([C@@H](C)C2CCC(=O)N2C)cc1. The number of nitrogens with zero attached hydrogens (tertiary/aromatic N) is 1. The van der Waals surface area contributed by atoms with E-state index in [9.17, 15) is 4.79 Å². The summed E-state index contributed by atoms with van der Waals surface area (Å²) in [4.78, 5) is 13.4. The third-order valence-corrected chi connectivity index (χ3v) is 3.76. The highest BCUT2D eigenvalue weighted by Gasteiger charge is 2.32. The van der Waals surface area contributed by atoms with Crippen molar-refractivity contribution in [3.63, 3.8) is 0 Å². The Kier molecular flexibility index (Phi) is 3.36. The van der Waals surface area contributed by atoms with Gasteiger partial charge in [-0.3, -0.25) is 4.79 Å². The van der Waals surface area contributed by atoms with E-state index >= 15 is 0 Å². The number of rotatable bonds is 3. The lowest BCUT2D eigenvalue weighted by atomic mass is 9.92. The number of hydrogen-bond acceptors (Lipinski definition) is 2. The standard InChI is InChI=1S/C14H19NO2/c1-10(13-8-9-14(16)15(13)2)11-4-6-12(17-3)7-5-11/h4-7,10,13H,8-9H2,1-3H3/t10-,13?/m1/s1. The van der Waals surface area contributed by atoms with E-state index in [4.69, 9.17) is 4.74 Å². The minimum atomic E-state index is 0.260. The van der Waals surface area contributed by atoms with Crippen molar-refractivity contribution in [1.29, 1.82) is 0 Å². The number of methoxy groups -OCH3 is 1. The molecule has 3 heteroatoms. The molecule has 0 aliphatic carbocycles. The Bertz CT molecular complexity index is 399. The van der Waals surface area contributed by atoms with E-state index in [1.165, 1.54) is 5.56 Å². The van der Waals surface area contributed by atoms with Crippen LogP contribution in [0.5, 0.6) is 5.75 Å². The highest BCUT2D eigenvalue weighted by Crippen LogP contribution is 2.31. The van der Waals surface area contributed by atoms with Gasteiger partial charge in [-0.15, -0.1) is 0 Å². The molecular formula is C14H19NO2. The van der Waals surface area contributed by atoms with Gasteiger partial charge in [0.15, 0.2) is 0 Å². The summed E-state index contributed by atoms with van der Waals surface area (Å²) in [5.74, 6) is 1.50. The molecule has 1 aliphatic heterocycles. The molecule has 1 aromatic rings. The van der Waals surface area contributed by atoms with Gasteiger partial charge in [-0.05, 0) is 24.1 Å². The molecule has 0 aromatic heterocycles. The van der Waals surface area contributed by atoms with Gasteiger partial charge in [-0.25, -0.2) is 0 Å². The average molecular weight is 233 g/mol. The van der Waals surface area contributed by atoms with Gasteiger partial charge in [0.05, 0.1) is 7.11 Å². The van der Waals surface area contributed by atoms with Crippen LogP contribution in [0.2, 0.25) is 0 Å². The van der Waals surface area contributed by atoms with Gasteiger partial charge >= 0.3 is 0 Å². The minimum Gasteiger partial charge on any atom is -0.497 e. The largest absolute Gasteiger partial charge is 0.497 e. The summed E-state index contributed by atoms with van der Waals surface area (Å²) < 4.78 is 5.15. The predicted octanol–water partition coefficient (Wildman–Crippen LogP) is 2.42. The predicted molar refractivity (Wildman–Crippen MR) is 67.2 cm³/mol. The van der Waals surface area contributed by atoms with Crippen molar-refractivity contribution >= 4 is 5.91 Å². The second-order valence-electron chi connectivity index (χ2n) is 4.67. The fourth-order valence-electron chi connectivity index (χ4n) is 2.54. The molecule has 1 aromatic carbocycles. The van der Waals surface area contributed by atoms with Gasteiger partial charge in [0.2, 0.25) is 5.91 Å². The minimum absolute atomic E-state index is 0.260.